The highest BCUT2D eigenvalue weighted by Gasteiger charge is 2.09. The molecule has 0 fully saturated rings. The molecule has 0 radical (unpaired) electrons. The van der Waals surface area contributed by atoms with Crippen molar-refractivity contribution < 1.29 is 19.4 Å². The van der Waals surface area contributed by atoms with Gasteiger partial charge in [0.05, 0.1) is 6.10 Å². The molecule has 6 heteroatoms. The SMILES string of the molecule is COC(C)CCC(=O)Nc1ccnc(C(=O)O)c1. The number of carbonyl (C=O) groups is 2. The van der Waals surface area contributed by atoms with Gasteiger partial charge in [-0.2, -0.15) is 0 Å². The number of amides is 1. The highest BCUT2D eigenvalue weighted by atomic mass is 16.5. The number of carboxylic acids is 1. The van der Waals surface area contributed by atoms with Gasteiger partial charge in [-0.25, -0.2) is 9.78 Å². The van der Waals surface area contributed by atoms with E-state index in [1.165, 1.54) is 12.3 Å². The highest BCUT2D eigenvalue weighted by Crippen LogP contribution is 2.09. The maximum atomic E-state index is 11.6. The monoisotopic (exact) mass is 252 g/mol. The second-order valence-corrected chi connectivity index (χ2v) is 3.87. The Morgan fingerprint density at radius 1 is 1.56 bits per heavy atom. The van der Waals surface area contributed by atoms with Crippen LogP contribution in [0.4, 0.5) is 5.69 Å². The molecule has 0 spiro atoms. The van der Waals surface area contributed by atoms with Crippen molar-refractivity contribution in [2.45, 2.75) is 25.9 Å². The van der Waals surface area contributed by atoms with E-state index in [-0.39, 0.29) is 17.7 Å². The first kappa shape index (κ1) is 14.1. The molecule has 6 nitrogen and oxygen atoms in total. The number of carboxylic acid groups (broad SMARTS) is 1. The molecule has 1 amide bonds. The first-order valence-electron chi connectivity index (χ1n) is 5.55. The van der Waals surface area contributed by atoms with Crippen molar-refractivity contribution >= 4 is 17.6 Å². The van der Waals surface area contributed by atoms with Crippen LogP contribution < -0.4 is 5.32 Å². The van der Waals surface area contributed by atoms with Crippen molar-refractivity contribution in [2.24, 2.45) is 0 Å². The summed E-state index contributed by atoms with van der Waals surface area (Å²) in [6, 6.07) is 2.87. The molecular weight excluding hydrogens is 236 g/mol. The Kier molecular flexibility index (Phi) is 5.26. The number of pyridine rings is 1. The van der Waals surface area contributed by atoms with Gasteiger partial charge in [-0.05, 0) is 25.5 Å². The zero-order chi connectivity index (χ0) is 13.5. The number of methoxy groups -OCH3 is 1. The third-order valence-electron chi connectivity index (χ3n) is 2.44. The molecule has 1 aromatic rings. The molecule has 0 aliphatic rings. The van der Waals surface area contributed by atoms with Gasteiger partial charge in [0.15, 0.2) is 0 Å². The smallest absolute Gasteiger partial charge is 0.354 e. The average molecular weight is 252 g/mol. The van der Waals surface area contributed by atoms with Crippen LogP contribution in [0, 0.1) is 0 Å². The molecule has 1 rings (SSSR count). The number of nitrogens with zero attached hydrogens (tertiary/aromatic N) is 1. The van der Waals surface area contributed by atoms with Crippen molar-refractivity contribution in [3.05, 3.63) is 24.0 Å². The lowest BCUT2D eigenvalue weighted by Gasteiger charge is -2.09. The molecule has 98 valence electrons. The fourth-order valence-corrected chi connectivity index (χ4v) is 1.30. The van der Waals surface area contributed by atoms with E-state index in [9.17, 15) is 9.59 Å². The van der Waals surface area contributed by atoms with Crippen molar-refractivity contribution in [2.75, 3.05) is 12.4 Å². The molecule has 18 heavy (non-hydrogen) atoms. The Morgan fingerprint density at radius 2 is 2.28 bits per heavy atom. The van der Waals surface area contributed by atoms with Gasteiger partial charge in [-0.3, -0.25) is 4.79 Å². The van der Waals surface area contributed by atoms with Crippen molar-refractivity contribution in [1.29, 1.82) is 0 Å². The topological polar surface area (TPSA) is 88.5 Å². The summed E-state index contributed by atoms with van der Waals surface area (Å²) < 4.78 is 5.03. The molecular formula is C12H16N2O4. The zero-order valence-electron chi connectivity index (χ0n) is 10.3. The van der Waals surface area contributed by atoms with Gasteiger partial charge < -0.3 is 15.2 Å². The maximum absolute atomic E-state index is 11.6. The quantitative estimate of drug-likeness (QED) is 0.801. The van der Waals surface area contributed by atoms with Crippen LogP contribution in [0.15, 0.2) is 18.3 Å². The Hall–Kier alpha value is -1.95. The first-order chi connectivity index (χ1) is 8.52. The Labute approximate surface area is 105 Å². The number of anilines is 1. The van der Waals surface area contributed by atoms with Gasteiger partial charge in [0.2, 0.25) is 5.91 Å². The van der Waals surface area contributed by atoms with Crippen molar-refractivity contribution in [3.8, 4) is 0 Å². The number of hydrogen-bond acceptors (Lipinski definition) is 4. The molecule has 1 heterocycles. The van der Waals surface area contributed by atoms with E-state index in [2.05, 4.69) is 10.3 Å². The van der Waals surface area contributed by atoms with Crippen LogP contribution in [0.25, 0.3) is 0 Å². The number of carbonyl (C=O) groups excluding carboxylic acids is 1. The van der Waals surface area contributed by atoms with Gasteiger partial charge in [0.1, 0.15) is 5.69 Å². The van der Waals surface area contributed by atoms with Crippen LogP contribution in [0.3, 0.4) is 0 Å². The second kappa shape index (κ2) is 6.70. The summed E-state index contributed by atoms with van der Waals surface area (Å²) in [5, 5.41) is 11.4. The molecule has 0 aliphatic heterocycles. The van der Waals surface area contributed by atoms with Crippen LogP contribution in [-0.4, -0.2) is 35.2 Å². The van der Waals surface area contributed by atoms with Crippen LogP contribution in [0.5, 0.6) is 0 Å². The summed E-state index contributed by atoms with van der Waals surface area (Å²) in [6.45, 7) is 1.88. The van der Waals surface area contributed by atoms with E-state index < -0.39 is 5.97 Å². The summed E-state index contributed by atoms with van der Waals surface area (Å²) in [7, 11) is 1.59. The number of nitrogens with one attached hydrogen (secondary N) is 1. The van der Waals surface area contributed by atoms with Crippen LogP contribution in [0.1, 0.15) is 30.3 Å². The van der Waals surface area contributed by atoms with Gasteiger partial charge in [0.25, 0.3) is 0 Å². The summed E-state index contributed by atoms with van der Waals surface area (Å²) in [5.41, 5.74) is 0.329. The largest absolute Gasteiger partial charge is 0.477 e. The summed E-state index contributed by atoms with van der Waals surface area (Å²) >= 11 is 0. The molecule has 1 atom stereocenters. The second-order valence-electron chi connectivity index (χ2n) is 3.87. The molecule has 1 aromatic heterocycles. The Morgan fingerprint density at radius 3 is 2.89 bits per heavy atom. The lowest BCUT2D eigenvalue weighted by atomic mass is 10.2. The van der Waals surface area contributed by atoms with Crippen molar-refractivity contribution in [3.63, 3.8) is 0 Å². The summed E-state index contributed by atoms with van der Waals surface area (Å²) in [5.74, 6) is -1.31. The molecule has 0 bridgehead atoms. The minimum absolute atomic E-state index is 0.0165. The van der Waals surface area contributed by atoms with Gasteiger partial charge in [-0.15, -0.1) is 0 Å². The average Bonchev–Trinajstić information content (AvgIpc) is 2.36. The number of hydrogen-bond donors (Lipinski definition) is 2. The van der Waals surface area contributed by atoms with E-state index in [0.29, 0.717) is 18.5 Å². The number of rotatable bonds is 6. The Bertz CT molecular complexity index is 434. The summed E-state index contributed by atoms with van der Waals surface area (Å²) in [4.78, 5) is 25.9. The van der Waals surface area contributed by atoms with E-state index in [1.54, 1.807) is 13.2 Å². The van der Waals surface area contributed by atoms with E-state index >= 15 is 0 Å². The van der Waals surface area contributed by atoms with Gasteiger partial charge in [0, 0.05) is 25.4 Å². The van der Waals surface area contributed by atoms with Gasteiger partial charge >= 0.3 is 5.97 Å². The zero-order valence-corrected chi connectivity index (χ0v) is 10.3. The standard InChI is InChI=1S/C12H16N2O4/c1-8(18-2)3-4-11(15)14-9-5-6-13-10(7-9)12(16)17/h5-8H,3-4H2,1-2H3,(H,16,17)(H,13,14,15). The van der Waals surface area contributed by atoms with Crippen LogP contribution >= 0.6 is 0 Å². The minimum atomic E-state index is -1.13. The molecule has 2 N–H and O–H groups in total. The van der Waals surface area contributed by atoms with E-state index in [4.69, 9.17) is 9.84 Å². The first-order valence-corrected chi connectivity index (χ1v) is 5.55. The minimum Gasteiger partial charge on any atom is -0.477 e. The maximum Gasteiger partial charge on any atom is 0.354 e. The Balaban J connectivity index is 2.54. The molecule has 0 aromatic carbocycles. The summed E-state index contributed by atoms with van der Waals surface area (Å²) in [6.07, 6.45) is 2.29. The fourth-order valence-electron chi connectivity index (χ4n) is 1.30. The predicted octanol–water partition coefficient (Wildman–Crippen LogP) is 1.53. The normalized spacial score (nSPS) is 11.9. The lowest BCUT2D eigenvalue weighted by molar-refractivity contribution is -0.116. The van der Waals surface area contributed by atoms with Crippen LogP contribution in [0.2, 0.25) is 0 Å². The number of aromatic carboxylic acids is 1. The molecule has 0 aliphatic carbocycles. The predicted molar refractivity (Wildman–Crippen MR) is 65.5 cm³/mol. The number of ether oxygens (including phenoxy) is 1. The van der Waals surface area contributed by atoms with Gasteiger partial charge in [-0.1, -0.05) is 0 Å². The van der Waals surface area contributed by atoms with Crippen molar-refractivity contribution in [1.82, 2.24) is 4.98 Å². The third-order valence-corrected chi connectivity index (χ3v) is 2.44. The van der Waals surface area contributed by atoms with Crippen LogP contribution in [-0.2, 0) is 9.53 Å². The lowest BCUT2D eigenvalue weighted by Crippen LogP contribution is -2.15. The molecule has 0 saturated carbocycles. The molecule has 0 saturated heterocycles. The van der Waals surface area contributed by atoms with E-state index in [1.807, 2.05) is 6.92 Å². The third kappa shape index (κ3) is 4.50. The van der Waals surface area contributed by atoms with E-state index in [0.717, 1.165) is 0 Å². The highest BCUT2D eigenvalue weighted by molar-refractivity contribution is 5.92. The molecule has 1 unspecified atom stereocenters. The number of aromatic nitrogens is 1. The fraction of sp³-hybridized carbons (Fsp3) is 0.417.